The topological polar surface area (TPSA) is 36.7 Å². The van der Waals surface area contributed by atoms with Gasteiger partial charge in [-0.25, -0.2) is 4.98 Å². The van der Waals surface area contributed by atoms with Crippen molar-refractivity contribution in [2.45, 2.75) is 42.8 Å². The highest BCUT2D eigenvalue weighted by Gasteiger charge is 2.19. The molecule has 2 unspecified atom stereocenters. The molecule has 0 bridgehead atoms. The van der Waals surface area contributed by atoms with E-state index in [1.165, 1.54) is 30.6 Å². The molecule has 0 radical (unpaired) electrons. The second kappa shape index (κ2) is 5.36. The fraction of sp³-hybridized carbons (Fsp3) is 0.538. The zero-order valence-electron chi connectivity index (χ0n) is 9.52. The summed E-state index contributed by atoms with van der Waals surface area (Å²) in [5.74, 6) is 0.859. The molecule has 1 aliphatic rings. The summed E-state index contributed by atoms with van der Waals surface area (Å²) in [7, 11) is 0. The molecule has 3 heteroatoms. The Bertz CT molecular complexity index is 380. The summed E-state index contributed by atoms with van der Waals surface area (Å²) in [5, 5.41) is 9.40. The lowest BCUT2D eigenvalue weighted by atomic mass is 9.91. The predicted octanol–water partition coefficient (Wildman–Crippen LogP) is 3.62. The molecule has 2 atom stereocenters. The number of pyridine rings is 1. The molecule has 2 rings (SSSR count). The van der Waals surface area contributed by atoms with E-state index in [9.17, 15) is 0 Å². The number of nitriles is 1. The SMILES string of the molecule is CC1CCCC(Sc2ccc(C#N)nc2)C1. The maximum atomic E-state index is 8.67. The zero-order valence-corrected chi connectivity index (χ0v) is 10.3. The molecule has 2 nitrogen and oxygen atoms in total. The van der Waals surface area contributed by atoms with E-state index in [4.69, 9.17) is 5.26 Å². The fourth-order valence-corrected chi connectivity index (χ4v) is 3.55. The summed E-state index contributed by atoms with van der Waals surface area (Å²) >= 11 is 1.92. The van der Waals surface area contributed by atoms with Crippen LogP contribution in [0.3, 0.4) is 0 Å². The van der Waals surface area contributed by atoms with Gasteiger partial charge in [0.15, 0.2) is 0 Å². The highest BCUT2D eigenvalue weighted by molar-refractivity contribution is 8.00. The highest BCUT2D eigenvalue weighted by atomic mass is 32.2. The van der Waals surface area contributed by atoms with Crippen LogP contribution in [-0.2, 0) is 0 Å². The largest absolute Gasteiger partial charge is 0.244 e. The van der Waals surface area contributed by atoms with Gasteiger partial charge < -0.3 is 0 Å². The average Bonchev–Trinajstić information content (AvgIpc) is 2.30. The van der Waals surface area contributed by atoms with Crippen molar-refractivity contribution in [3.05, 3.63) is 24.0 Å². The van der Waals surface area contributed by atoms with E-state index in [1.54, 1.807) is 6.07 Å². The Hall–Kier alpha value is -1.01. The number of aromatic nitrogens is 1. The van der Waals surface area contributed by atoms with E-state index in [2.05, 4.69) is 11.9 Å². The van der Waals surface area contributed by atoms with Crippen LogP contribution in [-0.4, -0.2) is 10.2 Å². The Morgan fingerprint density at radius 2 is 2.31 bits per heavy atom. The lowest BCUT2D eigenvalue weighted by molar-refractivity contribution is 0.394. The van der Waals surface area contributed by atoms with Crippen LogP contribution in [0.5, 0.6) is 0 Å². The van der Waals surface area contributed by atoms with Gasteiger partial charge in [0, 0.05) is 16.3 Å². The molecular weight excluding hydrogens is 216 g/mol. The Kier molecular flexibility index (Phi) is 3.84. The Morgan fingerprint density at radius 1 is 1.44 bits per heavy atom. The lowest BCUT2D eigenvalue weighted by Gasteiger charge is -2.25. The minimum absolute atomic E-state index is 0.501. The van der Waals surface area contributed by atoms with Crippen molar-refractivity contribution in [3.63, 3.8) is 0 Å². The van der Waals surface area contributed by atoms with Gasteiger partial charge in [0.2, 0.25) is 0 Å². The predicted molar refractivity (Wildman–Crippen MR) is 66.2 cm³/mol. The van der Waals surface area contributed by atoms with Crippen LogP contribution in [0, 0.1) is 17.2 Å². The first-order valence-electron chi connectivity index (χ1n) is 5.80. The molecule has 1 heterocycles. The smallest absolute Gasteiger partial charge is 0.140 e. The summed E-state index contributed by atoms with van der Waals surface area (Å²) in [6.45, 7) is 2.34. The average molecular weight is 232 g/mol. The lowest BCUT2D eigenvalue weighted by Crippen LogP contribution is -2.14. The summed E-state index contributed by atoms with van der Waals surface area (Å²) in [4.78, 5) is 5.29. The van der Waals surface area contributed by atoms with Crippen molar-refractivity contribution < 1.29 is 0 Å². The molecule has 1 aliphatic carbocycles. The molecule has 0 aliphatic heterocycles. The van der Waals surface area contributed by atoms with Crippen molar-refractivity contribution in [3.8, 4) is 6.07 Å². The van der Waals surface area contributed by atoms with Crippen LogP contribution in [0.2, 0.25) is 0 Å². The normalized spacial score (nSPS) is 25.0. The monoisotopic (exact) mass is 232 g/mol. The standard InChI is InChI=1S/C13H16N2S/c1-10-3-2-4-12(7-10)16-13-6-5-11(8-14)15-9-13/h5-6,9-10,12H,2-4,7H2,1H3. The third-order valence-corrected chi connectivity index (χ3v) is 4.32. The van der Waals surface area contributed by atoms with E-state index >= 15 is 0 Å². The van der Waals surface area contributed by atoms with E-state index in [1.807, 2.05) is 30.1 Å². The first-order valence-corrected chi connectivity index (χ1v) is 6.68. The van der Waals surface area contributed by atoms with Crippen LogP contribution in [0.15, 0.2) is 23.2 Å². The molecule has 1 aromatic heterocycles. The second-order valence-corrected chi connectivity index (χ2v) is 5.88. The van der Waals surface area contributed by atoms with Gasteiger partial charge in [-0.2, -0.15) is 5.26 Å². The Morgan fingerprint density at radius 3 is 2.94 bits per heavy atom. The van der Waals surface area contributed by atoms with Crippen LogP contribution in [0.1, 0.15) is 38.3 Å². The number of hydrogen-bond donors (Lipinski definition) is 0. The summed E-state index contributed by atoms with van der Waals surface area (Å²) in [5.41, 5.74) is 0.501. The van der Waals surface area contributed by atoms with Gasteiger partial charge in [-0.1, -0.05) is 19.8 Å². The van der Waals surface area contributed by atoms with Crippen molar-refractivity contribution in [2.24, 2.45) is 5.92 Å². The third-order valence-electron chi connectivity index (χ3n) is 3.04. The molecule has 0 spiro atoms. The molecular formula is C13H16N2S. The van der Waals surface area contributed by atoms with Crippen molar-refractivity contribution in [1.82, 2.24) is 4.98 Å². The van der Waals surface area contributed by atoms with Crippen LogP contribution in [0.4, 0.5) is 0 Å². The van der Waals surface area contributed by atoms with Gasteiger partial charge in [0.1, 0.15) is 11.8 Å². The highest BCUT2D eigenvalue weighted by Crippen LogP contribution is 2.35. The first-order chi connectivity index (χ1) is 7.78. The molecule has 0 amide bonds. The van der Waals surface area contributed by atoms with Gasteiger partial charge in [-0.05, 0) is 30.9 Å². The Labute approximate surface area is 101 Å². The number of rotatable bonds is 2. The first kappa shape index (κ1) is 11.5. The van der Waals surface area contributed by atoms with E-state index in [0.29, 0.717) is 5.69 Å². The molecule has 0 N–H and O–H groups in total. The summed E-state index contributed by atoms with van der Waals surface area (Å²) in [6, 6.07) is 5.85. The number of hydrogen-bond acceptors (Lipinski definition) is 3. The third kappa shape index (κ3) is 2.99. The fourth-order valence-electron chi connectivity index (χ4n) is 2.19. The molecule has 16 heavy (non-hydrogen) atoms. The maximum Gasteiger partial charge on any atom is 0.140 e. The van der Waals surface area contributed by atoms with Crippen molar-refractivity contribution >= 4 is 11.8 Å². The van der Waals surface area contributed by atoms with Gasteiger partial charge >= 0.3 is 0 Å². The van der Waals surface area contributed by atoms with E-state index < -0.39 is 0 Å². The second-order valence-electron chi connectivity index (χ2n) is 4.50. The quantitative estimate of drug-likeness (QED) is 0.781. The van der Waals surface area contributed by atoms with Crippen LogP contribution in [0.25, 0.3) is 0 Å². The number of nitrogens with zero attached hydrogens (tertiary/aromatic N) is 2. The van der Waals surface area contributed by atoms with E-state index in [-0.39, 0.29) is 0 Å². The zero-order chi connectivity index (χ0) is 11.4. The molecule has 1 fully saturated rings. The Balaban J connectivity index is 1.95. The summed E-state index contributed by atoms with van der Waals surface area (Å²) in [6.07, 6.45) is 7.17. The number of thioether (sulfide) groups is 1. The minimum Gasteiger partial charge on any atom is -0.244 e. The van der Waals surface area contributed by atoms with Crippen LogP contribution >= 0.6 is 11.8 Å². The van der Waals surface area contributed by atoms with Crippen molar-refractivity contribution in [2.75, 3.05) is 0 Å². The van der Waals surface area contributed by atoms with Gasteiger partial charge in [-0.15, -0.1) is 11.8 Å². The van der Waals surface area contributed by atoms with E-state index in [0.717, 1.165) is 11.2 Å². The molecule has 1 saturated carbocycles. The minimum atomic E-state index is 0.501. The van der Waals surface area contributed by atoms with Gasteiger partial charge in [0.05, 0.1) is 0 Å². The molecule has 1 aromatic rings. The molecule has 84 valence electrons. The van der Waals surface area contributed by atoms with Gasteiger partial charge in [0.25, 0.3) is 0 Å². The van der Waals surface area contributed by atoms with Crippen molar-refractivity contribution in [1.29, 1.82) is 5.26 Å². The maximum absolute atomic E-state index is 8.67. The summed E-state index contributed by atoms with van der Waals surface area (Å²) < 4.78 is 0. The molecule has 0 saturated heterocycles. The van der Waals surface area contributed by atoms with Crippen LogP contribution < -0.4 is 0 Å². The molecule has 0 aromatic carbocycles. The van der Waals surface area contributed by atoms with Gasteiger partial charge in [-0.3, -0.25) is 0 Å².